The second-order valence-electron chi connectivity index (χ2n) is 4.72. The molecule has 3 nitrogen and oxygen atoms in total. The molecule has 0 radical (unpaired) electrons. The SMILES string of the molecule is N#C/C=C1/C=CC2=NCCC(=O)C3=CSCC32C1. The van der Waals surface area contributed by atoms with Crippen LogP contribution >= 0.6 is 11.8 Å². The number of nitriles is 1. The maximum atomic E-state index is 12.1. The van der Waals surface area contributed by atoms with E-state index in [2.05, 4.69) is 11.1 Å². The van der Waals surface area contributed by atoms with Gasteiger partial charge in [0, 0.05) is 36.1 Å². The summed E-state index contributed by atoms with van der Waals surface area (Å²) >= 11 is 1.68. The molecule has 0 aromatic carbocycles. The van der Waals surface area contributed by atoms with Crippen LogP contribution in [0, 0.1) is 16.7 Å². The number of rotatable bonds is 0. The van der Waals surface area contributed by atoms with Gasteiger partial charge in [-0.05, 0) is 23.5 Å². The van der Waals surface area contributed by atoms with Gasteiger partial charge in [0.15, 0.2) is 5.78 Å². The first-order valence-corrected chi connectivity index (χ1v) is 6.98. The summed E-state index contributed by atoms with van der Waals surface area (Å²) in [4.78, 5) is 16.7. The van der Waals surface area contributed by atoms with Gasteiger partial charge in [-0.3, -0.25) is 9.79 Å². The van der Waals surface area contributed by atoms with Crippen molar-refractivity contribution >= 4 is 23.3 Å². The minimum Gasteiger partial charge on any atom is -0.294 e. The molecule has 3 aliphatic rings. The van der Waals surface area contributed by atoms with Crippen molar-refractivity contribution in [2.24, 2.45) is 10.4 Å². The molecule has 1 aliphatic carbocycles. The molecular weight excluding hydrogens is 244 g/mol. The molecule has 0 aromatic heterocycles. The summed E-state index contributed by atoms with van der Waals surface area (Å²) in [5.41, 5.74) is 2.63. The normalized spacial score (nSPS) is 32.2. The van der Waals surface area contributed by atoms with E-state index in [-0.39, 0.29) is 11.2 Å². The quantitative estimate of drug-likeness (QED) is 0.625. The van der Waals surface area contributed by atoms with Crippen molar-refractivity contribution in [1.29, 1.82) is 5.26 Å². The lowest BCUT2D eigenvalue weighted by molar-refractivity contribution is -0.115. The van der Waals surface area contributed by atoms with Crippen LogP contribution in [0.1, 0.15) is 12.8 Å². The van der Waals surface area contributed by atoms with Crippen LogP contribution in [0.2, 0.25) is 0 Å². The van der Waals surface area contributed by atoms with Crippen LogP contribution in [0.5, 0.6) is 0 Å². The van der Waals surface area contributed by atoms with Gasteiger partial charge in [0.1, 0.15) is 0 Å². The highest BCUT2D eigenvalue weighted by atomic mass is 32.2. The Labute approximate surface area is 110 Å². The van der Waals surface area contributed by atoms with Gasteiger partial charge < -0.3 is 0 Å². The molecule has 0 saturated carbocycles. The van der Waals surface area contributed by atoms with E-state index in [1.807, 2.05) is 17.6 Å². The average molecular weight is 256 g/mol. The molecule has 1 spiro atoms. The lowest BCUT2D eigenvalue weighted by Gasteiger charge is -2.33. The van der Waals surface area contributed by atoms with Crippen LogP contribution in [0.3, 0.4) is 0 Å². The number of carbonyl (C=O) groups excluding carboxylic acids is 1. The smallest absolute Gasteiger partial charge is 0.162 e. The monoisotopic (exact) mass is 256 g/mol. The number of Topliss-reactive ketones (excluding diaryl/α,β-unsaturated/α-hetero) is 1. The lowest BCUT2D eigenvalue weighted by atomic mass is 9.69. The molecule has 3 rings (SSSR count). The van der Waals surface area contributed by atoms with E-state index in [0.717, 1.165) is 29.0 Å². The Morgan fingerprint density at radius 2 is 2.39 bits per heavy atom. The second kappa shape index (κ2) is 4.25. The lowest BCUT2D eigenvalue weighted by Crippen LogP contribution is -2.36. The van der Waals surface area contributed by atoms with E-state index < -0.39 is 0 Å². The highest BCUT2D eigenvalue weighted by Crippen LogP contribution is 2.49. The summed E-state index contributed by atoms with van der Waals surface area (Å²) in [5.74, 6) is 1.07. The fourth-order valence-corrected chi connectivity index (χ4v) is 4.09. The van der Waals surface area contributed by atoms with E-state index in [1.165, 1.54) is 0 Å². The first-order valence-electron chi connectivity index (χ1n) is 5.93. The van der Waals surface area contributed by atoms with Gasteiger partial charge in [-0.2, -0.15) is 5.26 Å². The van der Waals surface area contributed by atoms with Crippen molar-refractivity contribution in [1.82, 2.24) is 0 Å². The van der Waals surface area contributed by atoms with Crippen LogP contribution in [-0.4, -0.2) is 23.8 Å². The summed E-state index contributed by atoms with van der Waals surface area (Å²) < 4.78 is 0. The van der Waals surface area contributed by atoms with Gasteiger partial charge in [0.2, 0.25) is 0 Å². The average Bonchev–Trinajstić information content (AvgIpc) is 2.71. The number of hydrogen-bond donors (Lipinski definition) is 0. The summed E-state index contributed by atoms with van der Waals surface area (Å²) in [5, 5.41) is 10.8. The molecule has 0 saturated heterocycles. The second-order valence-corrected chi connectivity index (χ2v) is 5.58. The van der Waals surface area contributed by atoms with Crippen molar-refractivity contribution in [3.63, 3.8) is 0 Å². The summed E-state index contributed by atoms with van der Waals surface area (Å²) in [6, 6.07) is 2.07. The van der Waals surface area contributed by atoms with Gasteiger partial charge in [0.05, 0.1) is 11.5 Å². The number of thioether (sulfide) groups is 1. The van der Waals surface area contributed by atoms with Crippen LogP contribution < -0.4 is 0 Å². The van der Waals surface area contributed by atoms with Crippen molar-refractivity contribution in [2.45, 2.75) is 12.8 Å². The van der Waals surface area contributed by atoms with E-state index in [0.29, 0.717) is 13.0 Å². The van der Waals surface area contributed by atoms with E-state index in [4.69, 9.17) is 5.26 Å². The van der Waals surface area contributed by atoms with Crippen molar-refractivity contribution < 1.29 is 4.79 Å². The van der Waals surface area contributed by atoms with Crippen LogP contribution in [0.4, 0.5) is 0 Å². The zero-order chi connectivity index (χ0) is 12.6. The van der Waals surface area contributed by atoms with E-state index >= 15 is 0 Å². The van der Waals surface area contributed by atoms with Gasteiger partial charge in [-0.15, -0.1) is 11.8 Å². The van der Waals surface area contributed by atoms with Crippen LogP contribution in [0.25, 0.3) is 0 Å². The van der Waals surface area contributed by atoms with Gasteiger partial charge >= 0.3 is 0 Å². The fraction of sp³-hybridized carbons (Fsp3) is 0.357. The molecule has 0 N–H and O–H groups in total. The maximum absolute atomic E-state index is 12.1. The molecule has 0 bridgehead atoms. The molecule has 4 heteroatoms. The van der Waals surface area contributed by atoms with Gasteiger partial charge in [-0.1, -0.05) is 6.08 Å². The maximum Gasteiger partial charge on any atom is 0.162 e. The van der Waals surface area contributed by atoms with E-state index in [9.17, 15) is 4.79 Å². The summed E-state index contributed by atoms with van der Waals surface area (Å²) in [7, 11) is 0. The van der Waals surface area contributed by atoms with Gasteiger partial charge in [-0.25, -0.2) is 0 Å². The highest BCUT2D eigenvalue weighted by molar-refractivity contribution is 8.02. The topological polar surface area (TPSA) is 53.2 Å². The Balaban J connectivity index is 2.13. The van der Waals surface area contributed by atoms with Crippen molar-refractivity contribution in [3.05, 3.63) is 34.8 Å². The Kier molecular flexibility index (Phi) is 2.71. The first-order chi connectivity index (χ1) is 8.76. The third-order valence-electron chi connectivity index (χ3n) is 3.67. The minimum atomic E-state index is -0.268. The standard InChI is InChI=1S/C14H12N2OS/c15-5-3-10-1-2-13-14(7-10)9-18-8-11(14)12(17)4-6-16-13/h1-3,8H,4,6-7,9H2/b10-3-. The molecule has 18 heavy (non-hydrogen) atoms. The number of allylic oxidation sites excluding steroid dienone is 5. The Hall–Kier alpha value is -1.60. The zero-order valence-electron chi connectivity index (χ0n) is 9.85. The molecule has 2 heterocycles. The van der Waals surface area contributed by atoms with Crippen molar-refractivity contribution in [3.8, 4) is 6.07 Å². The highest BCUT2D eigenvalue weighted by Gasteiger charge is 2.46. The number of ketones is 1. The largest absolute Gasteiger partial charge is 0.294 e. The number of nitrogens with zero attached hydrogens (tertiary/aromatic N) is 2. The van der Waals surface area contributed by atoms with Crippen LogP contribution in [-0.2, 0) is 4.79 Å². The van der Waals surface area contributed by atoms with Crippen molar-refractivity contribution in [2.75, 3.05) is 12.3 Å². The third-order valence-corrected chi connectivity index (χ3v) is 4.73. The predicted octanol–water partition coefficient (Wildman–Crippen LogP) is 2.43. The molecule has 0 amide bonds. The Bertz CT molecular complexity index is 577. The molecular formula is C14H12N2OS. The molecule has 1 unspecified atom stereocenters. The molecule has 2 aliphatic heterocycles. The predicted molar refractivity (Wildman–Crippen MR) is 72.4 cm³/mol. The summed E-state index contributed by atoms with van der Waals surface area (Å²) in [6.07, 6.45) is 6.72. The Morgan fingerprint density at radius 1 is 1.50 bits per heavy atom. The fourth-order valence-electron chi connectivity index (χ4n) is 2.79. The molecule has 0 aromatic rings. The van der Waals surface area contributed by atoms with Gasteiger partial charge in [0.25, 0.3) is 0 Å². The summed E-state index contributed by atoms with van der Waals surface area (Å²) in [6.45, 7) is 0.583. The number of hydrogen-bond acceptors (Lipinski definition) is 4. The molecule has 0 fully saturated rings. The molecule has 90 valence electrons. The van der Waals surface area contributed by atoms with Crippen LogP contribution in [0.15, 0.2) is 39.8 Å². The number of aliphatic imine (C=N–C) groups is 1. The molecule has 1 atom stereocenters. The zero-order valence-corrected chi connectivity index (χ0v) is 10.7. The Morgan fingerprint density at radius 3 is 3.22 bits per heavy atom. The number of carbonyl (C=O) groups is 1. The minimum absolute atomic E-state index is 0.213. The van der Waals surface area contributed by atoms with E-state index in [1.54, 1.807) is 17.8 Å². The first kappa shape index (κ1) is 11.5. The third kappa shape index (κ3) is 1.58.